The smallest absolute Gasteiger partial charge is 0.161 e. The van der Waals surface area contributed by atoms with Crippen molar-refractivity contribution in [3.63, 3.8) is 0 Å². The molecule has 3 rings (SSSR count). The van der Waals surface area contributed by atoms with Crippen molar-refractivity contribution >= 4 is 0 Å². The zero-order chi connectivity index (χ0) is 14.3. The summed E-state index contributed by atoms with van der Waals surface area (Å²) < 4.78 is 11.0. The molecule has 0 fully saturated rings. The molecule has 2 aliphatic rings. The van der Waals surface area contributed by atoms with Crippen LogP contribution in [-0.4, -0.2) is 14.2 Å². The summed E-state index contributed by atoms with van der Waals surface area (Å²) in [5.74, 6) is 2.65. The minimum absolute atomic E-state index is 0.498. The van der Waals surface area contributed by atoms with Crippen LogP contribution in [0.5, 0.6) is 11.5 Å². The van der Waals surface area contributed by atoms with Crippen molar-refractivity contribution < 1.29 is 9.47 Å². The zero-order valence-corrected chi connectivity index (χ0v) is 12.4. The van der Waals surface area contributed by atoms with Crippen LogP contribution < -0.4 is 9.47 Å². The molecular formula is C18H22O2. The summed E-state index contributed by atoms with van der Waals surface area (Å²) in [6.07, 6.45) is 4.27. The van der Waals surface area contributed by atoms with Crippen molar-refractivity contribution in [3.05, 3.63) is 47.6 Å². The lowest BCUT2D eigenvalue weighted by molar-refractivity contribution is 0.353. The maximum Gasteiger partial charge on any atom is 0.161 e. The Balaban J connectivity index is 2.18. The highest BCUT2D eigenvalue weighted by Crippen LogP contribution is 2.50. The van der Waals surface area contributed by atoms with Crippen LogP contribution in [0.3, 0.4) is 0 Å². The first-order chi connectivity index (χ1) is 9.62. The van der Waals surface area contributed by atoms with E-state index in [0.29, 0.717) is 11.8 Å². The van der Waals surface area contributed by atoms with Gasteiger partial charge in [-0.15, -0.1) is 0 Å². The average Bonchev–Trinajstić information content (AvgIpc) is 2.61. The zero-order valence-electron chi connectivity index (χ0n) is 12.4. The topological polar surface area (TPSA) is 18.5 Å². The van der Waals surface area contributed by atoms with Gasteiger partial charge in [0.2, 0.25) is 0 Å². The number of ether oxygens (including phenoxy) is 2. The van der Waals surface area contributed by atoms with Gasteiger partial charge in [-0.25, -0.2) is 0 Å². The Kier molecular flexibility index (Phi) is 3.33. The first kappa shape index (κ1) is 13.3. The van der Waals surface area contributed by atoms with Crippen LogP contribution in [0, 0.1) is 0 Å². The largest absolute Gasteiger partial charge is 0.493 e. The van der Waals surface area contributed by atoms with E-state index in [2.05, 4.69) is 25.3 Å². The molecule has 0 unspecified atom stereocenters. The molecule has 2 heteroatoms. The number of rotatable bonds is 2. The standard InChI is InChI=1S/C18H22O2/c1-11-5-13-7-12(2)8-14(6-11)16-10-18(20-4)17(19-3)9-15(13)16/h9-10,13-14H,1-2,5-8H2,3-4H3. The van der Waals surface area contributed by atoms with Gasteiger partial charge in [-0.05, 0) is 60.8 Å². The summed E-state index contributed by atoms with van der Waals surface area (Å²) in [5.41, 5.74) is 5.54. The molecule has 0 aromatic heterocycles. The quantitative estimate of drug-likeness (QED) is 0.733. The fourth-order valence-electron chi connectivity index (χ4n) is 3.76. The first-order valence-corrected chi connectivity index (χ1v) is 7.21. The third-order valence-electron chi connectivity index (χ3n) is 4.61. The molecule has 0 saturated heterocycles. The summed E-state index contributed by atoms with van der Waals surface area (Å²) in [5, 5.41) is 0. The van der Waals surface area contributed by atoms with Gasteiger partial charge < -0.3 is 9.47 Å². The Bertz CT molecular complexity index is 504. The highest BCUT2D eigenvalue weighted by Gasteiger charge is 2.32. The van der Waals surface area contributed by atoms with Crippen LogP contribution in [0.25, 0.3) is 0 Å². The van der Waals surface area contributed by atoms with Crippen LogP contribution in [0.4, 0.5) is 0 Å². The van der Waals surface area contributed by atoms with Gasteiger partial charge in [0.1, 0.15) is 0 Å². The molecule has 0 N–H and O–H groups in total. The number of hydrogen-bond donors (Lipinski definition) is 0. The maximum atomic E-state index is 5.48. The fraction of sp³-hybridized carbons (Fsp3) is 0.444. The summed E-state index contributed by atoms with van der Waals surface area (Å²) in [7, 11) is 3.40. The van der Waals surface area contributed by atoms with Gasteiger partial charge in [-0.2, -0.15) is 0 Å². The van der Waals surface area contributed by atoms with Crippen LogP contribution >= 0.6 is 0 Å². The molecule has 2 aliphatic carbocycles. The Morgan fingerprint density at radius 1 is 0.800 bits per heavy atom. The van der Waals surface area contributed by atoms with Gasteiger partial charge in [0.25, 0.3) is 0 Å². The summed E-state index contributed by atoms with van der Waals surface area (Å²) in [6.45, 7) is 8.52. The summed E-state index contributed by atoms with van der Waals surface area (Å²) in [4.78, 5) is 0. The number of hydrogen-bond acceptors (Lipinski definition) is 2. The summed E-state index contributed by atoms with van der Waals surface area (Å²) in [6, 6.07) is 4.34. The lowest BCUT2D eigenvalue weighted by Crippen LogP contribution is -2.02. The molecule has 0 radical (unpaired) electrons. The molecule has 0 spiro atoms. The minimum atomic E-state index is 0.498. The molecule has 20 heavy (non-hydrogen) atoms. The van der Waals surface area contributed by atoms with Crippen molar-refractivity contribution in [1.29, 1.82) is 0 Å². The summed E-state index contributed by atoms with van der Waals surface area (Å²) >= 11 is 0. The van der Waals surface area contributed by atoms with Gasteiger partial charge in [0, 0.05) is 0 Å². The highest BCUT2D eigenvalue weighted by molar-refractivity contribution is 5.52. The van der Waals surface area contributed by atoms with Crippen LogP contribution in [0.2, 0.25) is 0 Å². The van der Waals surface area contributed by atoms with E-state index in [0.717, 1.165) is 37.2 Å². The van der Waals surface area contributed by atoms with Crippen LogP contribution in [0.1, 0.15) is 48.6 Å². The first-order valence-electron chi connectivity index (χ1n) is 7.21. The SMILES string of the molecule is C=C1CC2CC(=C)CC(C1)c1cc(OC)c(OC)cc12. The normalized spacial score (nSPS) is 24.9. The predicted octanol–water partition coefficient (Wildman–Crippen LogP) is 4.57. The Morgan fingerprint density at radius 3 is 1.45 bits per heavy atom. The van der Waals surface area contributed by atoms with Crippen LogP contribution in [-0.2, 0) is 0 Å². The molecule has 1 aromatic carbocycles. The Hall–Kier alpha value is -1.70. The van der Waals surface area contributed by atoms with Gasteiger partial charge in [-0.3, -0.25) is 0 Å². The average molecular weight is 270 g/mol. The Labute approximate surface area is 121 Å². The van der Waals surface area contributed by atoms with Gasteiger partial charge in [-0.1, -0.05) is 24.3 Å². The van der Waals surface area contributed by atoms with Crippen molar-refractivity contribution in [2.45, 2.75) is 37.5 Å². The molecule has 106 valence electrons. The lowest BCUT2D eigenvalue weighted by atomic mass is 9.85. The molecule has 0 heterocycles. The molecule has 0 saturated carbocycles. The van der Waals surface area contributed by atoms with Gasteiger partial charge in [0.15, 0.2) is 11.5 Å². The van der Waals surface area contributed by atoms with E-state index in [9.17, 15) is 0 Å². The minimum Gasteiger partial charge on any atom is -0.493 e. The molecule has 0 amide bonds. The molecule has 0 atom stereocenters. The van der Waals surface area contributed by atoms with Crippen molar-refractivity contribution in [3.8, 4) is 11.5 Å². The molecule has 2 nitrogen and oxygen atoms in total. The van der Waals surface area contributed by atoms with Crippen molar-refractivity contribution in [1.82, 2.24) is 0 Å². The van der Waals surface area contributed by atoms with E-state index in [1.54, 1.807) is 14.2 Å². The molecular weight excluding hydrogens is 248 g/mol. The molecule has 1 aromatic rings. The van der Waals surface area contributed by atoms with Crippen molar-refractivity contribution in [2.75, 3.05) is 14.2 Å². The van der Waals surface area contributed by atoms with E-state index >= 15 is 0 Å². The van der Waals surface area contributed by atoms with E-state index in [1.807, 2.05) is 0 Å². The third-order valence-corrected chi connectivity index (χ3v) is 4.61. The molecule has 0 aliphatic heterocycles. The van der Waals surface area contributed by atoms with Crippen molar-refractivity contribution in [2.24, 2.45) is 0 Å². The lowest BCUT2D eigenvalue weighted by Gasteiger charge is -2.19. The highest BCUT2D eigenvalue weighted by atomic mass is 16.5. The monoisotopic (exact) mass is 270 g/mol. The Morgan fingerprint density at radius 2 is 1.15 bits per heavy atom. The second-order valence-electron chi connectivity index (χ2n) is 6.05. The third kappa shape index (κ3) is 2.13. The second-order valence-corrected chi connectivity index (χ2v) is 6.05. The number of benzene rings is 1. The van der Waals surface area contributed by atoms with E-state index in [4.69, 9.17) is 9.47 Å². The molecule has 2 bridgehead atoms. The van der Waals surface area contributed by atoms with E-state index < -0.39 is 0 Å². The predicted molar refractivity (Wildman–Crippen MR) is 81.8 cm³/mol. The van der Waals surface area contributed by atoms with Gasteiger partial charge >= 0.3 is 0 Å². The fourth-order valence-corrected chi connectivity index (χ4v) is 3.76. The second kappa shape index (κ2) is 5.01. The maximum absolute atomic E-state index is 5.48. The van der Waals surface area contributed by atoms with Crippen LogP contribution in [0.15, 0.2) is 36.4 Å². The number of methoxy groups -OCH3 is 2. The van der Waals surface area contributed by atoms with E-state index in [-0.39, 0.29) is 0 Å². The number of allylic oxidation sites excluding steroid dienone is 2. The van der Waals surface area contributed by atoms with Gasteiger partial charge in [0.05, 0.1) is 14.2 Å². The van der Waals surface area contributed by atoms with E-state index in [1.165, 1.54) is 22.3 Å².